The van der Waals surface area contributed by atoms with Gasteiger partial charge in [-0.3, -0.25) is 0 Å². The largest absolute Gasteiger partial charge is 0.430 e. The molecule has 1 unspecified atom stereocenters. The molecular formula is C10H12N2O3S. The van der Waals surface area contributed by atoms with Gasteiger partial charge in [-0.15, -0.1) is 0 Å². The van der Waals surface area contributed by atoms with Crippen LogP contribution in [0.15, 0.2) is 27.8 Å². The van der Waals surface area contributed by atoms with E-state index in [1.165, 1.54) is 0 Å². The van der Waals surface area contributed by atoms with E-state index in [1.807, 2.05) is 0 Å². The molecule has 86 valence electrons. The van der Waals surface area contributed by atoms with Crippen LogP contribution in [0.4, 0.5) is 5.69 Å². The highest BCUT2D eigenvalue weighted by Gasteiger charge is 2.12. The molecule has 5 nitrogen and oxygen atoms in total. The molecule has 1 heterocycles. The lowest BCUT2D eigenvalue weighted by Crippen LogP contribution is -2.04. The molecule has 6 heteroatoms. The summed E-state index contributed by atoms with van der Waals surface area (Å²) in [5.74, 6) is 0.374. The first-order chi connectivity index (χ1) is 7.70. The molecular weight excluding hydrogens is 228 g/mol. The number of hydrogen-bond acceptors (Lipinski definition) is 5. The Morgan fingerprint density at radius 3 is 3.12 bits per heavy atom. The SMILES string of the molecule is COCCS(=O)c1nc2cc(N)ccc2o1. The topological polar surface area (TPSA) is 78.3 Å². The highest BCUT2D eigenvalue weighted by atomic mass is 32.2. The number of hydrogen-bond donors (Lipinski definition) is 1. The molecule has 0 saturated carbocycles. The summed E-state index contributed by atoms with van der Waals surface area (Å²) in [5.41, 5.74) is 7.44. The molecule has 2 N–H and O–H groups in total. The minimum Gasteiger partial charge on any atom is -0.430 e. The van der Waals surface area contributed by atoms with Crippen LogP contribution in [0.5, 0.6) is 0 Å². The van der Waals surface area contributed by atoms with Gasteiger partial charge in [0.1, 0.15) is 16.3 Å². The maximum atomic E-state index is 11.7. The molecule has 0 aliphatic heterocycles. The molecule has 0 bridgehead atoms. The molecule has 2 aromatic rings. The number of nitrogens with two attached hydrogens (primary N) is 1. The van der Waals surface area contributed by atoms with Crippen molar-refractivity contribution in [3.8, 4) is 0 Å². The average molecular weight is 240 g/mol. The number of anilines is 1. The number of benzene rings is 1. The second-order valence-corrected chi connectivity index (χ2v) is 4.70. The third-order valence-electron chi connectivity index (χ3n) is 2.06. The van der Waals surface area contributed by atoms with Gasteiger partial charge in [-0.2, -0.15) is 0 Å². The van der Waals surface area contributed by atoms with Crippen LogP contribution in [0, 0.1) is 0 Å². The van der Waals surface area contributed by atoms with Gasteiger partial charge in [0.2, 0.25) is 0 Å². The third kappa shape index (κ3) is 2.23. The molecule has 0 spiro atoms. The van der Waals surface area contributed by atoms with E-state index in [0.717, 1.165) is 0 Å². The number of aromatic nitrogens is 1. The van der Waals surface area contributed by atoms with E-state index in [-0.39, 0.29) is 5.22 Å². The predicted molar refractivity (Wildman–Crippen MR) is 61.6 cm³/mol. The molecule has 0 aliphatic carbocycles. The van der Waals surface area contributed by atoms with Gasteiger partial charge in [-0.05, 0) is 18.2 Å². The van der Waals surface area contributed by atoms with Crippen molar-refractivity contribution < 1.29 is 13.4 Å². The highest BCUT2D eigenvalue weighted by Crippen LogP contribution is 2.20. The molecule has 0 aliphatic rings. The van der Waals surface area contributed by atoms with E-state index < -0.39 is 10.8 Å². The van der Waals surface area contributed by atoms with Crippen molar-refractivity contribution in [2.45, 2.75) is 5.22 Å². The monoisotopic (exact) mass is 240 g/mol. The van der Waals surface area contributed by atoms with Crippen LogP contribution in [-0.2, 0) is 15.5 Å². The van der Waals surface area contributed by atoms with Crippen molar-refractivity contribution >= 4 is 27.6 Å². The van der Waals surface area contributed by atoms with Crippen molar-refractivity contribution in [2.24, 2.45) is 0 Å². The van der Waals surface area contributed by atoms with Crippen molar-refractivity contribution in [3.05, 3.63) is 18.2 Å². The van der Waals surface area contributed by atoms with Crippen LogP contribution in [-0.4, -0.2) is 28.7 Å². The number of methoxy groups -OCH3 is 1. The number of nitrogen functional groups attached to an aromatic ring is 1. The molecule has 2 rings (SSSR count). The van der Waals surface area contributed by atoms with Gasteiger partial charge in [-0.1, -0.05) is 0 Å². The maximum Gasteiger partial charge on any atom is 0.288 e. The third-order valence-corrected chi connectivity index (χ3v) is 3.16. The summed E-state index contributed by atoms with van der Waals surface area (Å²) >= 11 is 0. The van der Waals surface area contributed by atoms with Crippen LogP contribution >= 0.6 is 0 Å². The van der Waals surface area contributed by atoms with Crippen molar-refractivity contribution in [1.82, 2.24) is 4.98 Å². The zero-order chi connectivity index (χ0) is 11.5. The second kappa shape index (κ2) is 4.63. The molecule has 1 aromatic heterocycles. The Bertz CT molecular complexity index is 524. The summed E-state index contributed by atoms with van der Waals surface area (Å²) in [6.07, 6.45) is 0. The van der Waals surface area contributed by atoms with Gasteiger partial charge >= 0.3 is 0 Å². The first-order valence-electron chi connectivity index (χ1n) is 4.74. The van der Waals surface area contributed by atoms with Crippen LogP contribution < -0.4 is 5.73 Å². The normalized spacial score (nSPS) is 13.1. The minimum absolute atomic E-state index is 0.220. The lowest BCUT2D eigenvalue weighted by molar-refractivity contribution is 0.217. The first kappa shape index (κ1) is 11.1. The quantitative estimate of drug-likeness (QED) is 0.811. The Morgan fingerprint density at radius 2 is 2.38 bits per heavy atom. The molecule has 16 heavy (non-hydrogen) atoms. The average Bonchev–Trinajstić information content (AvgIpc) is 2.68. The van der Waals surface area contributed by atoms with E-state index >= 15 is 0 Å². The predicted octanol–water partition coefficient (Wildman–Crippen LogP) is 1.16. The summed E-state index contributed by atoms with van der Waals surface area (Å²) in [6, 6.07) is 5.12. The molecule has 0 fully saturated rings. The first-order valence-corrected chi connectivity index (χ1v) is 6.06. The van der Waals surface area contributed by atoms with Gasteiger partial charge < -0.3 is 14.9 Å². The fourth-order valence-electron chi connectivity index (χ4n) is 1.27. The van der Waals surface area contributed by atoms with E-state index in [0.29, 0.717) is 29.1 Å². The molecule has 0 saturated heterocycles. The van der Waals surface area contributed by atoms with Gasteiger partial charge in [0.15, 0.2) is 5.58 Å². The van der Waals surface area contributed by atoms with Crippen molar-refractivity contribution in [2.75, 3.05) is 25.2 Å². The van der Waals surface area contributed by atoms with E-state index in [4.69, 9.17) is 14.9 Å². The highest BCUT2D eigenvalue weighted by molar-refractivity contribution is 7.84. The zero-order valence-electron chi connectivity index (χ0n) is 8.80. The van der Waals surface area contributed by atoms with Crippen molar-refractivity contribution in [3.63, 3.8) is 0 Å². The van der Waals surface area contributed by atoms with Crippen LogP contribution in [0.1, 0.15) is 0 Å². The Kier molecular flexibility index (Phi) is 3.21. The number of oxazole rings is 1. The van der Waals surface area contributed by atoms with Gasteiger partial charge in [0, 0.05) is 12.8 Å². The van der Waals surface area contributed by atoms with E-state index in [1.54, 1.807) is 25.3 Å². The lowest BCUT2D eigenvalue weighted by Gasteiger charge is -1.94. The summed E-state index contributed by atoms with van der Waals surface area (Å²) in [7, 11) is 0.293. The summed E-state index contributed by atoms with van der Waals surface area (Å²) < 4.78 is 21.9. The fraction of sp³-hybridized carbons (Fsp3) is 0.300. The van der Waals surface area contributed by atoms with Crippen LogP contribution in [0.3, 0.4) is 0 Å². The summed E-state index contributed by atoms with van der Waals surface area (Å²) in [6.45, 7) is 0.410. The Morgan fingerprint density at radius 1 is 1.56 bits per heavy atom. The van der Waals surface area contributed by atoms with Gasteiger partial charge in [0.05, 0.1) is 12.4 Å². The number of rotatable bonds is 4. The van der Waals surface area contributed by atoms with Gasteiger partial charge in [-0.25, -0.2) is 9.19 Å². The van der Waals surface area contributed by atoms with E-state index in [2.05, 4.69) is 4.98 Å². The standard InChI is InChI=1S/C10H12N2O3S/c1-14-4-5-16(13)10-12-8-6-7(11)2-3-9(8)15-10/h2-3,6H,4-5,11H2,1H3. The smallest absolute Gasteiger partial charge is 0.288 e. The molecule has 0 radical (unpaired) electrons. The fourth-order valence-corrected chi connectivity index (χ4v) is 2.14. The molecule has 0 amide bonds. The number of nitrogens with zero attached hydrogens (tertiary/aromatic N) is 1. The molecule has 1 atom stereocenters. The van der Waals surface area contributed by atoms with Crippen LogP contribution in [0.25, 0.3) is 11.1 Å². The second-order valence-electron chi connectivity index (χ2n) is 3.25. The zero-order valence-corrected chi connectivity index (χ0v) is 9.62. The lowest BCUT2D eigenvalue weighted by atomic mass is 10.3. The van der Waals surface area contributed by atoms with Gasteiger partial charge in [0.25, 0.3) is 5.22 Å². The Labute approximate surface area is 95.0 Å². The number of ether oxygens (including phenoxy) is 1. The Hall–Kier alpha value is -1.40. The summed E-state index contributed by atoms with van der Waals surface area (Å²) in [5, 5.41) is 0.220. The molecule has 1 aromatic carbocycles. The Balaban J connectivity index is 2.28. The summed E-state index contributed by atoms with van der Waals surface area (Å²) in [4.78, 5) is 4.12. The maximum absolute atomic E-state index is 11.7. The number of fused-ring (bicyclic) bond motifs is 1. The minimum atomic E-state index is -1.27. The van der Waals surface area contributed by atoms with Crippen molar-refractivity contribution in [1.29, 1.82) is 0 Å². The van der Waals surface area contributed by atoms with E-state index in [9.17, 15) is 4.21 Å². The van der Waals surface area contributed by atoms with Crippen LogP contribution in [0.2, 0.25) is 0 Å².